The maximum absolute atomic E-state index is 12.4. The summed E-state index contributed by atoms with van der Waals surface area (Å²) >= 11 is 1.56. The lowest BCUT2D eigenvalue weighted by atomic mass is 9.88. The van der Waals surface area contributed by atoms with Gasteiger partial charge >= 0.3 is 5.97 Å². The molecule has 0 aromatic carbocycles. The zero-order chi connectivity index (χ0) is 19.6. The number of hydrogen-bond donors (Lipinski definition) is 1. The molecule has 2 rings (SSSR count). The average molecular weight is 394 g/mol. The van der Waals surface area contributed by atoms with Gasteiger partial charge in [0.1, 0.15) is 5.00 Å². The van der Waals surface area contributed by atoms with Crippen molar-refractivity contribution in [1.29, 1.82) is 0 Å². The summed E-state index contributed by atoms with van der Waals surface area (Å²) < 4.78 is 4.98. The van der Waals surface area contributed by atoms with Crippen LogP contribution in [-0.4, -0.2) is 19.0 Å². The minimum atomic E-state index is -0.329. The zero-order valence-electron chi connectivity index (χ0n) is 17.2. The van der Waals surface area contributed by atoms with Gasteiger partial charge in [-0.1, -0.05) is 58.8 Å². The first kappa shape index (κ1) is 21.9. The second kappa shape index (κ2) is 11.5. The summed E-state index contributed by atoms with van der Waals surface area (Å²) in [6, 6.07) is 0. The molecule has 27 heavy (non-hydrogen) atoms. The fourth-order valence-corrected chi connectivity index (χ4v) is 5.18. The average Bonchev–Trinajstić information content (AvgIpc) is 2.99. The standard InChI is InChI=1S/C22H35NO3S/c1-4-5-6-7-8-9-10-11-12-19(24)23-21-20(22(25)26-3)17-14-13-16(2)15-18(17)27-21/h16H,4-15H2,1-3H3,(H,23,24). The highest BCUT2D eigenvalue weighted by Gasteiger charge is 2.28. The number of rotatable bonds is 11. The molecule has 5 heteroatoms. The van der Waals surface area contributed by atoms with E-state index in [4.69, 9.17) is 4.74 Å². The number of amides is 1. The van der Waals surface area contributed by atoms with E-state index in [1.807, 2.05) is 0 Å². The lowest BCUT2D eigenvalue weighted by Gasteiger charge is -2.18. The summed E-state index contributed by atoms with van der Waals surface area (Å²) in [5.41, 5.74) is 1.68. The number of esters is 1. The van der Waals surface area contributed by atoms with Gasteiger partial charge in [0.25, 0.3) is 0 Å². The van der Waals surface area contributed by atoms with Crippen molar-refractivity contribution in [3.8, 4) is 0 Å². The van der Waals surface area contributed by atoms with Crippen molar-refractivity contribution >= 4 is 28.2 Å². The van der Waals surface area contributed by atoms with Gasteiger partial charge in [0, 0.05) is 11.3 Å². The van der Waals surface area contributed by atoms with Crippen LogP contribution in [0.5, 0.6) is 0 Å². The molecular weight excluding hydrogens is 358 g/mol. The molecule has 0 saturated carbocycles. The van der Waals surface area contributed by atoms with Crippen molar-refractivity contribution in [1.82, 2.24) is 0 Å². The van der Waals surface area contributed by atoms with Crippen LogP contribution < -0.4 is 5.32 Å². The van der Waals surface area contributed by atoms with Gasteiger partial charge in [-0.3, -0.25) is 4.79 Å². The third-order valence-corrected chi connectivity index (χ3v) is 6.58. The summed E-state index contributed by atoms with van der Waals surface area (Å²) in [5.74, 6) is 0.310. The number of anilines is 1. The van der Waals surface area contributed by atoms with Crippen molar-refractivity contribution in [3.05, 3.63) is 16.0 Å². The van der Waals surface area contributed by atoms with E-state index in [0.717, 1.165) is 37.7 Å². The summed E-state index contributed by atoms with van der Waals surface area (Å²) in [5, 5.41) is 3.68. The lowest BCUT2D eigenvalue weighted by molar-refractivity contribution is -0.116. The number of thiophene rings is 1. The fraction of sp³-hybridized carbons (Fsp3) is 0.727. The molecule has 1 heterocycles. The summed E-state index contributed by atoms with van der Waals surface area (Å²) in [6.07, 6.45) is 13.2. The molecule has 0 fully saturated rings. The first-order valence-electron chi connectivity index (χ1n) is 10.6. The quantitative estimate of drug-likeness (QED) is 0.363. The Bertz CT molecular complexity index is 623. The molecule has 0 spiro atoms. The third-order valence-electron chi connectivity index (χ3n) is 5.41. The Hall–Kier alpha value is -1.36. The molecule has 1 N–H and O–H groups in total. The van der Waals surface area contributed by atoms with E-state index in [-0.39, 0.29) is 11.9 Å². The lowest BCUT2D eigenvalue weighted by Crippen LogP contribution is -2.15. The summed E-state index contributed by atoms with van der Waals surface area (Å²) in [4.78, 5) is 25.9. The van der Waals surface area contributed by atoms with Crippen LogP contribution in [0.4, 0.5) is 5.00 Å². The molecule has 0 aliphatic heterocycles. The Morgan fingerprint density at radius 2 is 1.78 bits per heavy atom. The molecule has 0 bridgehead atoms. The van der Waals surface area contributed by atoms with Crippen molar-refractivity contribution in [2.24, 2.45) is 5.92 Å². The van der Waals surface area contributed by atoms with E-state index in [1.165, 1.54) is 50.5 Å². The summed E-state index contributed by atoms with van der Waals surface area (Å²) in [6.45, 7) is 4.47. The number of ether oxygens (including phenoxy) is 1. The van der Waals surface area contributed by atoms with Gasteiger partial charge in [0.2, 0.25) is 5.91 Å². The van der Waals surface area contributed by atoms with Crippen molar-refractivity contribution in [2.45, 2.75) is 90.9 Å². The topological polar surface area (TPSA) is 55.4 Å². The predicted molar refractivity (Wildman–Crippen MR) is 113 cm³/mol. The molecule has 1 atom stereocenters. The Morgan fingerprint density at radius 3 is 2.44 bits per heavy atom. The number of methoxy groups -OCH3 is 1. The zero-order valence-corrected chi connectivity index (χ0v) is 18.0. The number of unbranched alkanes of at least 4 members (excludes halogenated alkanes) is 7. The molecular formula is C22H35NO3S. The van der Waals surface area contributed by atoms with Crippen LogP contribution in [0.1, 0.15) is 98.9 Å². The van der Waals surface area contributed by atoms with Crippen LogP contribution in [0.25, 0.3) is 0 Å². The first-order chi connectivity index (χ1) is 13.1. The van der Waals surface area contributed by atoms with E-state index in [2.05, 4.69) is 19.2 Å². The Labute approximate surface area is 168 Å². The van der Waals surface area contributed by atoms with E-state index in [0.29, 0.717) is 22.9 Å². The molecule has 1 unspecified atom stereocenters. The number of hydrogen-bond acceptors (Lipinski definition) is 4. The van der Waals surface area contributed by atoms with Gasteiger partial charge in [0.15, 0.2) is 0 Å². The smallest absolute Gasteiger partial charge is 0.341 e. The van der Waals surface area contributed by atoms with Gasteiger partial charge in [-0.2, -0.15) is 0 Å². The van der Waals surface area contributed by atoms with E-state index >= 15 is 0 Å². The van der Waals surface area contributed by atoms with Gasteiger partial charge in [-0.15, -0.1) is 11.3 Å². The largest absolute Gasteiger partial charge is 0.465 e. The van der Waals surface area contributed by atoms with Gasteiger partial charge in [-0.25, -0.2) is 4.79 Å². The van der Waals surface area contributed by atoms with Gasteiger partial charge in [-0.05, 0) is 37.2 Å². The molecule has 1 aromatic rings. The highest BCUT2D eigenvalue weighted by molar-refractivity contribution is 7.17. The van der Waals surface area contributed by atoms with Crippen molar-refractivity contribution < 1.29 is 14.3 Å². The van der Waals surface area contributed by atoms with Crippen LogP contribution in [0, 0.1) is 5.92 Å². The highest BCUT2D eigenvalue weighted by atomic mass is 32.1. The molecule has 0 radical (unpaired) electrons. The maximum Gasteiger partial charge on any atom is 0.341 e. The fourth-order valence-electron chi connectivity index (χ4n) is 3.77. The monoisotopic (exact) mass is 393 g/mol. The van der Waals surface area contributed by atoms with E-state index in [9.17, 15) is 9.59 Å². The summed E-state index contributed by atoms with van der Waals surface area (Å²) in [7, 11) is 1.41. The SMILES string of the molecule is CCCCCCCCCCC(=O)Nc1sc2c(c1C(=O)OC)CCC(C)C2. The number of nitrogens with one attached hydrogen (secondary N) is 1. The van der Waals surface area contributed by atoms with E-state index < -0.39 is 0 Å². The van der Waals surface area contributed by atoms with Crippen molar-refractivity contribution in [3.63, 3.8) is 0 Å². The molecule has 152 valence electrons. The van der Waals surface area contributed by atoms with Crippen LogP contribution in [0.15, 0.2) is 0 Å². The van der Waals surface area contributed by atoms with E-state index in [1.54, 1.807) is 11.3 Å². The molecule has 0 saturated heterocycles. The second-order valence-corrected chi connectivity index (χ2v) is 8.93. The normalized spacial score (nSPS) is 16.0. The molecule has 1 aliphatic rings. The second-order valence-electron chi connectivity index (χ2n) is 7.82. The third kappa shape index (κ3) is 6.63. The van der Waals surface area contributed by atoms with Crippen LogP contribution in [-0.2, 0) is 22.4 Å². The predicted octanol–water partition coefficient (Wildman–Crippen LogP) is 6.13. The minimum Gasteiger partial charge on any atom is -0.465 e. The molecule has 1 aliphatic carbocycles. The van der Waals surface area contributed by atoms with Crippen LogP contribution >= 0.6 is 11.3 Å². The first-order valence-corrected chi connectivity index (χ1v) is 11.4. The Kier molecular flexibility index (Phi) is 9.32. The highest BCUT2D eigenvalue weighted by Crippen LogP contribution is 2.40. The van der Waals surface area contributed by atoms with Gasteiger partial charge < -0.3 is 10.1 Å². The van der Waals surface area contributed by atoms with Gasteiger partial charge in [0.05, 0.1) is 12.7 Å². The van der Waals surface area contributed by atoms with Crippen LogP contribution in [0.2, 0.25) is 0 Å². The number of carbonyl (C=O) groups is 2. The molecule has 1 amide bonds. The molecule has 4 nitrogen and oxygen atoms in total. The number of carbonyl (C=O) groups excluding carboxylic acids is 2. The molecule has 1 aromatic heterocycles. The minimum absolute atomic E-state index is 0.0118. The number of fused-ring (bicyclic) bond motifs is 1. The van der Waals surface area contributed by atoms with Crippen molar-refractivity contribution in [2.75, 3.05) is 12.4 Å². The maximum atomic E-state index is 12.4. The Balaban J connectivity index is 1.83. The van der Waals surface area contributed by atoms with Crippen LogP contribution in [0.3, 0.4) is 0 Å². The Morgan fingerprint density at radius 1 is 1.11 bits per heavy atom.